The fraction of sp³-hybridized carbons (Fsp3) is 0.240. The zero-order chi connectivity index (χ0) is 21.4. The van der Waals surface area contributed by atoms with Gasteiger partial charge in [-0.05, 0) is 42.8 Å². The molecule has 2 aliphatic rings. The van der Waals surface area contributed by atoms with Crippen molar-refractivity contribution >= 4 is 21.6 Å². The molecule has 0 bridgehead atoms. The Morgan fingerprint density at radius 2 is 1.90 bits per heavy atom. The molecule has 0 amide bonds. The predicted molar refractivity (Wildman–Crippen MR) is 124 cm³/mol. The van der Waals surface area contributed by atoms with Crippen LogP contribution in [0.15, 0.2) is 76.3 Å². The Hall–Kier alpha value is -2.99. The third kappa shape index (κ3) is 3.65. The van der Waals surface area contributed by atoms with Crippen LogP contribution in [-0.4, -0.2) is 24.4 Å². The van der Waals surface area contributed by atoms with Gasteiger partial charge in [-0.2, -0.15) is 5.10 Å². The first-order valence-corrected chi connectivity index (χ1v) is 11.1. The molecule has 0 aromatic heterocycles. The van der Waals surface area contributed by atoms with E-state index < -0.39 is 0 Å². The molecule has 6 heteroatoms. The lowest BCUT2D eigenvalue weighted by Crippen LogP contribution is -2.34. The molecular formula is C25H23BrN2O3. The van der Waals surface area contributed by atoms with Gasteiger partial charge in [0.05, 0.1) is 25.5 Å². The highest BCUT2D eigenvalue weighted by atomic mass is 79.9. The van der Waals surface area contributed by atoms with E-state index in [1.807, 2.05) is 55.5 Å². The van der Waals surface area contributed by atoms with Gasteiger partial charge >= 0.3 is 0 Å². The highest BCUT2D eigenvalue weighted by molar-refractivity contribution is 9.10. The molecule has 0 spiro atoms. The molecule has 5 rings (SSSR count). The Bertz CT molecular complexity index is 1130. The zero-order valence-corrected chi connectivity index (χ0v) is 19.0. The average molecular weight is 479 g/mol. The molecule has 3 aromatic carbocycles. The Labute approximate surface area is 190 Å². The van der Waals surface area contributed by atoms with E-state index in [-0.39, 0.29) is 12.3 Å². The van der Waals surface area contributed by atoms with Gasteiger partial charge in [0.1, 0.15) is 5.75 Å². The first kappa shape index (κ1) is 19.9. The number of methoxy groups -OCH3 is 1. The molecular weight excluding hydrogens is 456 g/mol. The van der Waals surface area contributed by atoms with Crippen LogP contribution >= 0.6 is 15.9 Å². The van der Waals surface area contributed by atoms with E-state index in [0.29, 0.717) is 6.61 Å². The molecule has 0 unspecified atom stereocenters. The maximum absolute atomic E-state index is 6.55. The van der Waals surface area contributed by atoms with Crippen molar-refractivity contribution in [3.8, 4) is 17.2 Å². The van der Waals surface area contributed by atoms with E-state index in [2.05, 4.69) is 39.1 Å². The number of hydrazone groups is 1. The first-order valence-electron chi connectivity index (χ1n) is 10.4. The normalized spacial score (nSPS) is 19.2. The smallest absolute Gasteiger partial charge is 0.214 e. The minimum Gasteiger partial charge on any atom is -0.497 e. The van der Waals surface area contributed by atoms with Gasteiger partial charge < -0.3 is 14.2 Å². The maximum atomic E-state index is 6.55. The zero-order valence-electron chi connectivity index (χ0n) is 17.4. The van der Waals surface area contributed by atoms with Crippen molar-refractivity contribution in [3.63, 3.8) is 0 Å². The van der Waals surface area contributed by atoms with Gasteiger partial charge in [-0.15, -0.1) is 0 Å². The number of hydrogen-bond acceptors (Lipinski definition) is 5. The van der Waals surface area contributed by atoms with Crippen molar-refractivity contribution < 1.29 is 14.2 Å². The molecule has 2 atom stereocenters. The Kier molecular flexibility index (Phi) is 5.32. The van der Waals surface area contributed by atoms with E-state index in [0.717, 1.165) is 50.5 Å². The third-order valence-electron chi connectivity index (χ3n) is 5.64. The van der Waals surface area contributed by atoms with Gasteiger partial charge in [0.2, 0.25) is 6.23 Å². The molecule has 5 nitrogen and oxygen atoms in total. The second-order valence-corrected chi connectivity index (χ2v) is 8.42. The number of fused-ring (bicyclic) bond motifs is 3. The molecule has 3 aromatic rings. The van der Waals surface area contributed by atoms with E-state index >= 15 is 0 Å². The summed E-state index contributed by atoms with van der Waals surface area (Å²) in [5.74, 6) is 2.35. The summed E-state index contributed by atoms with van der Waals surface area (Å²) < 4.78 is 18.9. The summed E-state index contributed by atoms with van der Waals surface area (Å²) in [6, 6.07) is 22.4. The summed E-state index contributed by atoms with van der Waals surface area (Å²) in [5.41, 5.74) is 4.25. The van der Waals surface area contributed by atoms with Crippen LogP contribution in [0.25, 0.3) is 0 Å². The van der Waals surface area contributed by atoms with E-state index in [1.165, 1.54) is 0 Å². The average Bonchev–Trinajstić information content (AvgIpc) is 3.25. The molecule has 0 radical (unpaired) electrons. The fourth-order valence-corrected chi connectivity index (χ4v) is 4.45. The molecule has 0 aliphatic carbocycles. The SMILES string of the molecule is CCOc1cccc2c1O[C@@H](c1cccc(OC)c1)N1N=C(c3ccc(Br)cc3)C[C@H]21. The van der Waals surface area contributed by atoms with Gasteiger partial charge in [-0.3, -0.25) is 0 Å². The van der Waals surface area contributed by atoms with Crippen LogP contribution in [0, 0.1) is 0 Å². The van der Waals surface area contributed by atoms with Crippen molar-refractivity contribution in [2.75, 3.05) is 13.7 Å². The summed E-state index contributed by atoms with van der Waals surface area (Å²) in [6.07, 6.45) is 0.427. The lowest BCUT2D eigenvalue weighted by molar-refractivity contribution is -0.0213. The second kappa shape index (κ2) is 8.27. The first-order chi connectivity index (χ1) is 15.2. The molecule has 158 valence electrons. The molecule has 0 saturated heterocycles. The van der Waals surface area contributed by atoms with E-state index in [1.54, 1.807) is 7.11 Å². The van der Waals surface area contributed by atoms with Gasteiger partial charge in [0.15, 0.2) is 11.5 Å². The van der Waals surface area contributed by atoms with Gasteiger partial charge in [-0.1, -0.05) is 52.3 Å². The summed E-state index contributed by atoms with van der Waals surface area (Å²) in [6.45, 7) is 2.57. The Morgan fingerprint density at radius 3 is 2.68 bits per heavy atom. The Morgan fingerprint density at radius 1 is 1.10 bits per heavy atom. The number of rotatable bonds is 5. The van der Waals surface area contributed by atoms with Crippen molar-refractivity contribution in [2.45, 2.75) is 25.6 Å². The minimum absolute atomic E-state index is 0.0685. The lowest BCUT2D eigenvalue weighted by atomic mass is 9.95. The summed E-state index contributed by atoms with van der Waals surface area (Å²) in [7, 11) is 1.67. The van der Waals surface area contributed by atoms with Gasteiger partial charge in [-0.25, -0.2) is 5.01 Å². The van der Waals surface area contributed by atoms with Crippen LogP contribution in [0.3, 0.4) is 0 Å². The molecule has 2 heterocycles. The van der Waals surface area contributed by atoms with Gasteiger partial charge in [0, 0.05) is 22.0 Å². The quantitative estimate of drug-likeness (QED) is 0.444. The van der Waals surface area contributed by atoms with Crippen LogP contribution in [-0.2, 0) is 0 Å². The van der Waals surface area contributed by atoms with Crippen LogP contribution in [0.2, 0.25) is 0 Å². The van der Waals surface area contributed by atoms with Crippen molar-refractivity contribution in [2.24, 2.45) is 5.10 Å². The van der Waals surface area contributed by atoms with Crippen molar-refractivity contribution in [1.82, 2.24) is 5.01 Å². The third-order valence-corrected chi connectivity index (χ3v) is 6.17. The van der Waals surface area contributed by atoms with Crippen LogP contribution in [0.4, 0.5) is 0 Å². The number of nitrogens with zero attached hydrogens (tertiary/aromatic N) is 2. The number of hydrogen-bond donors (Lipinski definition) is 0. The largest absolute Gasteiger partial charge is 0.497 e. The number of benzene rings is 3. The second-order valence-electron chi connectivity index (χ2n) is 7.51. The fourth-order valence-electron chi connectivity index (χ4n) is 4.18. The lowest BCUT2D eigenvalue weighted by Gasteiger charge is -2.38. The highest BCUT2D eigenvalue weighted by Crippen LogP contribution is 2.51. The predicted octanol–water partition coefficient (Wildman–Crippen LogP) is 6.10. The molecule has 0 fully saturated rings. The number of halogens is 1. The minimum atomic E-state index is -0.373. The Balaban J connectivity index is 1.61. The molecule has 2 aliphatic heterocycles. The number of ether oxygens (including phenoxy) is 3. The van der Waals surface area contributed by atoms with Crippen LogP contribution in [0.5, 0.6) is 17.2 Å². The molecule has 0 saturated carbocycles. The topological polar surface area (TPSA) is 43.3 Å². The van der Waals surface area contributed by atoms with Crippen LogP contribution in [0.1, 0.15) is 42.3 Å². The summed E-state index contributed by atoms with van der Waals surface area (Å²) in [5, 5.41) is 7.10. The molecule has 31 heavy (non-hydrogen) atoms. The number of para-hydroxylation sites is 1. The summed E-state index contributed by atoms with van der Waals surface area (Å²) in [4.78, 5) is 0. The highest BCUT2D eigenvalue weighted by Gasteiger charge is 2.42. The standard InChI is InChI=1S/C25H23BrN2O3/c1-3-30-23-9-5-8-20-22-15-21(16-10-12-18(26)13-11-16)27-28(22)25(31-24(20)23)17-6-4-7-19(14-17)29-2/h4-14,22,25H,3,15H2,1-2H3/t22-,25+/m1/s1. The van der Waals surface area contributed by atoms with Crippen molar-refractivity contribution in [3.05, 3.63) is 87.9 Å². The van der Waals surface area contributed by atoms with E-state index in [9.17, 15) is 0 Å². The maximum Gasteiger partial charge on any atom is 0.214 e. The molecule has 0 N–H and O–H groups in total. The van der Waals surface area contributed by atoms with Crippen molar-refractivity contribution in [1.29, 1.82) is 0 Å². The van der Waals surface area contributed by atoms with Gasteiger partial charge in [0.25, 0.3) is 0 Å². The van der Waals surface area contributed by atoms with Crippen LogP contribution < -0.4 is 14.2 Å². The van der Waals surface area contributed by atoms with E-state index in [4.69, 9.17) is 19.3 Å². The monoisotopic (exact) mass is 478 g/mol. The summed E-state index contributed by atoms with van der Waals surface area (Å²) >= 11 is 3.52.